The van der Waals surface area contributed by atoms with E-state index < -0.39 is 6.61 Å². The molecule has 0 saturated carbocycles. The fourth-order valence-corrected chi connectivity index (χ4v) is 1.51. The molecule has 0 aliphatic carbocycles. The van der Waals surface area contributed by atoms with Crippen LogP contribution in [0.3, 0.4) is 0 Å². The summed E-state index contributed by atoms with van der Waals surface area (Å²) in [6.07, 6.45) is 0. The lowest BCUT2D eigenvalue weighted by Gasteiger charge is -2.07. The van der Waals surface area contributed by atoms with Crippen LogP contribution in [0, 0.1) is 0 Å². The Bertz CT molecular complexity index is 531. The van der Waals surface area contributed by atoms with Gasteiger partial charge in [-0.05, 0) is 18.7 Å². The third kappa shape index (κ3) is 3.47. The van der Waals surface area contributed by atoms with Gasteiger partial charge in [0.25, 0.3) is 5.89 Å². The summed E-state index contributed by atoms with van der Waals surface area (Å²) in [7, 11) is 0. The second-order valence-electron chi connectivity index (χ2n) is 3.66. The molecule has 0 atom stereocenters. The number of nitrogens with one attached hydrogen (secondary N) is 1. The molecule has 1 aromatic heterocycles. The lowest BCUT2D eigenvalue weighted by atomic mass is 10.2. The molecule has 102 valence electrons. The summed E-state index contributed by atoms with van der Waals surface area (Å²) < 4.78 is 34.4. The van der Waals surface area contributed by atoms with Crippen molar-refractivity contribution in [3.63, 3.8) is 0 Å². The molecule has 7 heteroatoms. The molecule has 0 unspecified atom stereocenters. The molecular weight excluding hydrogens is 256 g/mol. The highest BCUT2D eigenvalue weighted by Crippen LogP contribution is 2.29. The van der Waals surface area contributed by atoms with E-state index in [1.165, 1.54) is 6.07 Å². The van der Waals surface area contributed by atoms with Crippen LogP contribution in [-0.2, 0) is 6.54 Å². The average molecular weight is 269 g/mol. The first kappa shape index (κ1) is 13.4. The van der Waals surface area contributed by atoms with Gasteiger partial charge in [0.15, 0.2) is 0 Å². The van der Waals surface area contributed by atoms with E-state index in [0.29, 0.717) is 18.0 Å². The highest BCUT2D eigenvalue weighted by molar-refractivity contribution is 5.62. The van der Waals surface area contributed by atoms with Crippen LogP contribution >= 0.6 is 0 Å². The molecule has 0 aliphatic heterocycles. The van der Waals surface area contributed by atoms with Crippen molar-refractivity contribution in [2.45, 2.75) is 20.1 Å². The van der Waals surface area contributed by atoms with E-state index in [4.69, 9.17) is 4.42 Å². The molecule has 0 radical (unpaired) electrons. The number of halogens is 2. The molecule has 2 aromatic rings. The Kier molecular flexibility index (Phi) is 4.40. The number of rotatable bonds is 6. The van der Waals surface area contributed by atoms with Crippen molar-refractivity contribution in [2.24, 2.45) is 0 Å². The Morgan fingerprint density at radius 1 is 1.32 bits per heavy atom. The summed E-state index contributed by atoms with van der Waals surface area (Å²) in [5, 5.41) is 10.7. The van der Waals surface area contributed by atoms with Crippen molar-refractivity contribution < 1.29 is 17.9 Å². The molecule has 5 nitrogen and oxygen atoms in total. The summed E-state index contributed by atoms with van der Waals surface area (Å²) in [5.41, 5.74) is 0.345. The first-order chi connectivity index (χ1) is 9.20. The summed E-state index contributed by atoms with van der Waals surface area (Å²) >= 11 is 0. The van der Waals surface area contributed by atoms with Gasteiger partial charge in [-0.1, -0.05) is 19.1 Å². The normalized spacial score (nSPS) is 10.9. The number of nitrogens with zero attached hydrogens (tertiary/aromatic N) is 2. The van der Waals surface area contributed by atoms with Gasteiger partial charge in [0, 0.05) is 0 Å². The maximum absolute atomic E-state index is 12.3. The lowest BCUT2D eigenvalue weighted by Crippen LogP contribution is -2.11. The maximum Gasteiger partial charge on any atom is 0.387 e. The van der Waals surface area contributed by atoms with Crippen LogP contribution in [0.4, 0.5) is 8.78 Å². The van der Waals surface area contributed by atoms with E-state index in [2.05, 4.69) is 20.3 Å². The first-order valence-electron chi connectivity index (χ1n) is 5.78. The zero-order chi connectivity index (χ0) is 13.7. The monoisotopic (exact) mass is 269 g/mol. The molecule has 1 aromatic carbocycles. The standard InChI is InChI=1S/C12H13F2N3O2/c1-2-15-7-10-16-17-11(19-10)8-5-3-4-6-9(8)18-12(13)14/h3-6,12,15H,2,7H2,1H3. The topological polar surface area (TPSA) is 60.2 Å². The smallest absolute Gasteiger partial charge is 0.387 e. The number of alkyl halides is 2. The third-order valence-corrected chi connectivity index (χ3v) is 2.33. The largest absolute Gasteiger partial charge is 0.434 e. The van der Waals surface area contributed by atoms with Gasteiger partial charge in [-0.25, -0.2) is 0 Å². The van der Waals surface area contributed by atoms with Crippen molar-refractivity contribution in [1.29, 1.82) is 0 Å². The minimum atomic E-state index is -2.90. The van der Waals surface area contributed by atoms with E-state index in [9.17, 15) is 8.78 Å². The highest BCUT2D eigenvalue weighted by Gasteiger charge is 2.15. The number of aromatic nitrogens is 2. The van der Waals surface area contributed by atoms with E-state index in [1.807, 2.05) is 6.92 Å². The molecule has 0 bridgehead atoms. The van der Waals surface area contributed by atoms with Crippen LogP contribution in [0.5, 0.6) is 5.75 Å². The summed E-state index contributed by atoms with van der Waals surface area (Å²) in [6, 6.07) is 6.29. The predicted octanol–water partition coefficient (Wildman–Crippen LogP) is 2.45. The summed E-state index contributed by atoms with van der Waals surface area (Å²) in [5.74, 6) is 0.559. The number of para-hydroxylation sites is 1. The fourth-order valence-electron chi connectivity index (χ4n) is 1.51. The Morgan fingerprint density at radius 3 is 2.84 bits per heavy atom. The second kappa shape index (κ2) is 6.24. The Morgan fingerprint density at radius 2 is 2.11 bits per heavy atom. The van der Waals surface area contributed by atoms with Gasteiger partial charge in [0.1, 0.15) is 5.75 Å². The van der Waals surface area contributed by atoms with Crippen molar-refractivity contribution in [3.8, 4) is 17.2 Å². The molecule has 2 rings (SSSR count). The maximum atomic E-state index is 12.3. The number of hydrogen-bond donors (Lipinski definition) is 1. The van der Waals surface area contributed by atoms with Crippen molar-refractivity contribution in [3.05, 3.63) is 30.2 Å². The van der Waals surface area contributed by atoms with Crippen molar-refractivity contribution in [1.82, 2.24) is 15.5 Å². The van der Waals surface area contributed by atoms with Crippen LogP contribution in [-0.4, -0.2) is 23.4 Å². The Hall–Kier alpha value is -2.02. The van der Waals surface area contributed by atoms with E-state index in [-0.39, 0.29) is 11.6 Å². The zero-order valence-electron chi connectivity index (χ0n) is 10.3. The van der Waals surface area contributed by atoms with Gasteiger partial charge in [-0.3, -0.25) is 0 Å². The van der Waals surface area contributed by atoms with Crippen LogP contribution in [0.15, 0.2) is 28.7 Å². The van der Waals surface area contributed by atoms with Gasteiger partial charge in [-0.2, -0.15) is 8.78 Å². The van der Waals surface area contributed by atoms with E-state index >= 15 is 0 Å². The van der Waals surface area contributed by atoms with Crippen LogP contribution in [0.25, 0.3) is 11.5 Å². The minimum Gasteiger partial charge on any atom is -0.434 e. The van der Waals surface area contributed by atoms with Gasteiger partial charge in [0.2, 0.25) is 5.89 Å². The minimum absolute atomic E-state index is 0.0103. The van der Waals surface area contributed by atoms with Gasteiger partial charge in [-0.15, -0.1) is 10.2 Å². The fraction of sp³-hybridized carbons (Fsp3) is 0.333. The molecule has 19 heavy (non-hydrogen) atoms. The molecule has 0 amide bonds. The van der Waals surface area contributed by atoms with E-state index in [1.54, 1.807) is 18.2 Å². The molecule has 0 saturated heterocycles. The SMILES string of the molecule is CCNCc1nnc(-c2ccccc2OC(F)F)o1. The van der Waals surface area contributed by atoms with Crippen LogP contribution in [0.1, 0.15) is 12.8 Å². The molecule has 0 aliphatic rings. The van der Waals surface area contributed by atoms with Gasteiger partial charge in [0.05, 0.1) is 12.1 Å². The summed E-state index contributed by atoms with van der Waals surface area (Å²) in [4.78, 5) is 0. The molecular formula is C12H13F2N3O2. The highest BCUT2D eigenvalue weighted by atomic mass is 19.3. The van der Waals surface area contributed by atoms with Crippen molar-refractivity contribution >= 4 is 0 Å². The number of ether oxygens (including phenoxy) is 1. The Labute approximate surface area is 108 Å². The average Bonchev–Trinajstić information content (AvgIpc) is 2.85. The second-order valence-corrected chi connectivity index (χ2v) is 3.66. The van der Waals surface area contributed by atoms with E-state index in [0.717, 1.165) is 6.54 Å². The number of hydrogen-bond acceptors (Lipinski definition) is 5. The molecule has 1 heterocycles. The zero-order valence-corrected chi connectivity index (χ0v) is 10.3. The lowest BCUT2D eigenvalue weighted by molar-refractivity contribution is -0.0495. The molecule has 0 spiro atoms. The third-order valence-electron chi connectivity index (χ3n) is 2.33. The van der Waals surface area contributed by atoms with Crippen LogP contribution in [0.2, 0.25) is 0 Å². The first-order valence-corrected chi connectivity index (χ1v) is 5.78. The number of benzene rings is 1. The molecule has 0 fully saturated rings. The molecule has 1 N–H and O–H groups in total. The van der Waals surface area contributed by atoms with Crippen molar-refractivity contribution in [2.75, 3.05) is 6.54 Å². The summed E-state index contributed by atoms with van der Waals surface area (Å²) in [6.45, 7) is 0.248. The van der Waals surface area contributed by atoms with Gasteiger partial charge < -0.3 is 14.5 Å². The Balaban J connectivity index is 2.23. The van der Waals surface area contributed by atoms with Crippen LogP contribution < -0.4 is 10.1 Å². The predicted molar refractivity (Wildman–Crippen MR) is 63.7 cm³/mol. The quantitative estimate of drug-likeness (QED) is 0.872. The van der Waals surface area contributed by atoms with Gasteiger partial charge >= 0.3 is 6.61 Å².